The summed E-state index contributed by atoms with van der Waals surface area (Å²) in [6, 6.07) is 10.1. The van der Waals surface area contributed by atoms with E-state index in [2.05, 4.69) is 0 Å². The van der Waals surface area contributed by atoms with Gasteiger partial charge >= 0.3 is 5.97 Å². The summed E-state index contributed by atoms with van der Waals surface area (Å²) >= 11 is 5.89. The number of carboxylic acids is 1. The quantitative estimate of drug-likeness (QED) is 0.426. The smallest absolute Gasteiger partial charge is 0.305 e. The van der Waals surface area contributed by atoms with Crippen molar-refractivity contribution in [3.63, 3.8) is 0 Å². The van der Waals surface area contributed by atoms with Crippen molar-refractivity contribution in [2.24, 2.45) is 0 Å². The number of amides is 1. The molecule has 0 spiro atoms. The van der Waals surface area contributed by atoms with Crippen LogP contribution in [0.2, 0.25) is 5.02 Å². The van der Waals surface area contributed by atoms with E-state index in [4.69, 9.17) is 26.2 Å². The molecule has 154 valence electrons. The number of hydrogen-bond acceptors (Lipinski definition) is 6. The van der Waals surface area contributed by atoms with Gasteiger partial charge in [-0.05, 0) is 42.0 Å². The third-order valence-corrected chi connectivity index (χ3v) is 5.19. The minimum Gasteiger partial charge on any atom is -0.507 e. The van der Waals surface area contributed by atoms with Gasteiger partial charge in [0.05, 0.1) is 18.0 Å². The van der Waals surface area contributed by atoms with E-state index in [0.717, 1.165) is 4.90 Å². The first-order valence-corrected chi connectivity index (χ1v) is 9.40. The van der Waals surface area contributed by atoms with E-state index in [0.29, 0.717) is 27.6 Å². The summed E-state index contributed by atoms with van der Waals surface area (Å²) in [4.78, 5) is 37.7. The van der Waals surface area contributed by atoms with Gasteiger partial charge in [0.1, 0.15) is 5.76 Å². The molecule has 8 nitrogen and oxygen atoms in total. The number of Topliss-reactive ketones (excluding diaryl/α,β-unsaturated/α-hetero) is 1. The van der Waals surface area contributed by atoms with Crippen LogP contribution in [0.1, 0.15) is 23.6 Å². The van der Waals surface area contributed by atoms with Crippen LogP contribution < -0.4 is 9.47 Å². The number of aliphatic hydroxyl groups is 1. The van der Waals surface area contributed by atoms with Crippen LogP contribution >= 0.6 is 11.6 Å². The van der Waals surface area contributed by atoms with Gasteiger partial charge in [-0.2, -0.15) is 0 Å². The number of benzene rings is 2. The molecule has 30 heavy (non-hydrogen) atoms. The summed E-state index contributed by atoms with van der Waals surface area (Å²) < 4.78 is 10.7. The Morgan fingerprint density at radius 3 is 2.47 bits per heavy atom. The standard InChI is InChI=1S/C21H16ClNO7/c22-13-4-1-11(2-5-13)19(26)17-18(12-3-6-14-15(9-12)30-10-29-14)23(8-7-16(24)25)21(28)20(17)27/h1-6,9,18,26H,7-8,10H2,(H,24,25)/t18-/m0/s1. The molecule has 2 aliphatic rings. The Hall–Kier alpha value is -3.52. The maximum Gasteiger partial charge on any atom is 0.305 e. The van der Waals surface area contributed by atoms with Gasteiger partial charge in [-0.15, -0.1) is 0 Å². The van der Waals surface area contributed by atoms with Crippen molar-refractivity contribution in [3.8, 4) is 11.5 Å². The maximum atomic E-state index is 12.8. The Bertz CT molecular complexity index is 1080. The van der Waals surface area contributed by atoms with E-state index < -0.39 is 23.7 Å². The number of likely N-dealkylation sites (tertiary alicyclic amines) is 1. The number of ketones is 1. The molecule has 2 aromatic carbocycles. The molecule has 1 fully saturated rings. The molecule has 1 saturated heterocycles. The third-order valence-electron chi connectivity index (χ3n) is 4.94. The molecule has 2 N–H and O–H groups in total. The highest BCUT2D eigenvalue weighted by atomic mass is 35.5. The number of carboxylic acid groups (broad SMARTS) is 1. The van der Waals surface area contributed by atoms with Gasteiger partial charge in [0, 0.05) is 17.1 Å². The highest BCUT2D eigenvalue weighted by Gasteiger charge is 2.46. The Kier molecular flexibility index (Phi) is 5.09. The molecule has 0 aliphatic carbocycles. The largest absolute Gasteiger partial charge is 0.507 e. The van der Waals surface area contributed by atoms with Crippen molar-refractivity contribution in [1.29, 1.82) is 0 Å². The molecule has 2 heterocycles. The highest BCUT2D eigenvalue weighted by Crippen LogP contribution is 2.43. The SMILES string of the molecule is O=C(O)CCN1C(=O)C(=O)C(=C(O)c2ccc(Cl)cc2)[C@@H]1c1ccc2c(c1)OCO2. The fourth-order valence-corrected chi connectivity index (χ4v) is 3.65. The molecular formula is C21H16ClNO7. The van der Waals surface area contributed by atoms with Gasteiger partial charge in [0.2, 0.25) is 6.79 Å². The van der Waals surface area contributed by atoms with E-state index in [1.54, 1.807) is 30.3 Å². The molecule has 0 aromatic heterocycles. The van der Waals surface area contributed by atoms with Crippen molar-refractivity contribution >= 4 is 35.0 Å². The molecule has 0 radical (unpaired) electrons. The van der Waals surface area contributed by atoms with Crippen LogP contribution in [0.25, 0.3) is 5.76 Å². The van der Waals surface area contributed by atoms with E-state index in [-0.39, 0.29) is 31.1 Å². The zero-order valence-electron chi connectivity index (χ0n) is 15.5. The molecule has 0 bridgehead atoms. The minimum atomic E-state index is -1.11. The number of carbonyl (C=O) groups excluding carboxylic acids is 2. The summed E-state index contributed by atoms with van der Waals surface area (Å²) in [6.45, 7) is -0.154. The second-order valence-electron chi connectivity index (χ2n) is 6.76. The van der Waals surface area contributed by atoms with Crippen LogP contribution in [0, 0.1) is 0 Å². The molecule has 9 heteroatoms. The summed E-state index contributed by atoms with van der Waals surface area (Å²) in [5.41, 5.74) is 0.660. The third kappa shape index (κ3) is 3.46. The average molecular weight is 430 g/mol. The Morgan fingerprint density at radius 2 is 1.77 bits per heavy atom. The summed E-state index contributed by atoms with van der Waals surface area (Å²) in [7, 11) is 0. The number of aliphatic hydroxyl groups excluding tert-OH is 1. The van der Waals surface area contributed by atoms with Crippen LogP contribution in [-0.4, -0.2) is 46.1 Å². The van der Waals surface area contributed by atoms with Crippen molar-refractivity contribution in [2.75, 3.05) is 13.3 Å². The molecule has 1 atom stereocenters. The van der Waals surface area contributed by atoms with Crippen LogP contribution in [0.5, 0.6) is 11.5 Å². The second kappa shape index (κ2) is 7.72. The summed E-state index contributed by atoms with van der Waals surface area (Å²) in [5, 5.41) is 20.4. The molecule has 2 aromatic rings. The number of ether oxygens (including phenoxy) is 2. The Morgan fingerprint density at radius 1 is 1.07 bits per heavy atom. The van der Waals surface area contributed by atoms with Crippen LogP contribution in [0.4, 0.5) is 0 Å². The van der Waals surface area contributed by atoms with E-state index in [9.17, 15) is 19.5 Å². The van der Waals surface area contributed by atoms with Crippen LogP contribution in [-0.2, 0) is 14.4 Å². The number of aliphatic carboxylic acids is 1. The summed E-state index contributed by atoms with van der Waals surface area (Å²) in [5.74, 6) is -2.31. The van der Waals surface area contributed by atoms with Crippen molar-refractivity contribution < 1.29 is 34.1 Å². The lowest BCUT2D eigenvalue weighted by Gasteiger charge is -2.25. The van der Waals surface area contributed by atoms with Gasteiger partial charge in [-0.3, -0.25) is 14.4 Å². The predicted molar refractivity (Wildman–Crippen MR) is 105 cm³/mol. The topological polar surface area (TPSA) is 113 Å². The van der Waals surface area contributed by atoms with Crippen molar-refractivity contribution in [2.45, 2.75) is 12.5 Å². The van der Waals surface area contributed by atoms with Crippen molar-refractivity contribution in [3.05, 3.63) is 64.2 Å². The fraction of sp³-hybridized carbons (Fsp3) is 0.190. The molecule has 1 amide bonds. The minimum absolute atomic E-state index is 0.0444. The zero-order chi connectivity index (χ0) is 21.4. The number of nitrogens with zero attached hydrogens (tertiary/aromatic N) is 1. The number of halogens is 1. The summed E-state index contributed by atoms with van der Waals surface area (Å²) in [6.07, 6.45) is -0.352. The van der Waals surface area contributed by atoms with E-state index in [1.165, 1.54) is 12.1 Å². The molecule has 4 rings (SSSR count). The highest BCUT2D eigenvalue weighted by molar-refractivity contribution is 6.46. The molecule has 0 saturated carbocycles. The number of rotatable bonds is 5. The first-order valence-electron chi connectivity index (χ1n) is 9.02. The van der Waals surface area contributed by atoms with Gasteiger partial charge in [0.25, 0.3) is 11.7 Å². The van der Waals surface area contributed by atoms with Gasteiger partial charge in [0.15, 0.2) is 11.5 Å². The Labute approximate surface area is 175 Å². The van der Waals surface area contributed by atoms with Crippen LogP contribution in [0.3, 0.4) is 0 Å². The lowest BCUT2D eigenvalue weighted by atomic mass is 9.95. The van der Waals surface area contributed by atoms with Crippen LogP contribution in [0.15, 0.2) is 48.0 Å². The van der Waals surface area contributed by atoms with Gasteiger partial charge in [-0.1, -0.05) is 17.7 Å². The first-order chi connectivity index (χ1) is 14.4. The van der Waals surface area contributed by atoms with Gasteiger partial charge in [-0.25, -0.2) is 0 Å². The number of carbonyl (C=O) groups is 3. The predicted octanol–water partition coefficient (Wildman–Crippen LogP) is 2.97. The lowest BCUT2D eigenvalue weighted by Crippen LogP contribution is -2.31. The fourth-order valence-electron chi connectivity index (χ4n) is 3.52. The average Bonchev–Trinajstić information content (AvgIpc) is 3.29. The van der Waals surface area contributed by atoms with E-state index in [1.807, 2.05) is 0 Å². The number of fused-ring (bicyclic) bond motifs is 1. The van der Waals surface area contributed by atoms with Gasteiger partial charge < -0.3 is 24.6 Å². The van der Waals surface area contributed by atoms with E-state index >= 15 is 0 Å². The molecule has 2 aliphatic heterocycles. The molecule has 0 unspecified atom stereocenters. The first kappa shape index (κ1) is 19.8. The number of hydrogen-bond donors (Lipinski definition) is 2. The monoisotopic (exact) mass is 429 g/mol. The normalized spacial score (nSPS) is 19.4. The zero-order valence-corrected chi connectivity index (χ0v) is 16.3. The Balaban J connectivity index is 1.84. The lowest BCUT2D eigenvalue weighted by molar-refractivity contribution is -0.142. The maximum absolute atomic E-state index is 12.8. The second-order valence-corrected chi connectivity index (χ2v) is 7.19. The molecular weight excluding hydrogens is 414 g/mol. The van der Waals surface area contributed by atoms with Crippen molar-refractivity contribution in [1.82, 2.24) is 4.90 Å².